The van der Waals surface area contributed by atoms with Crippen LogP contribution in [0.15, 0.2) is 40.8 Å². The molecule has 5 heteroatoms. The zero-order chi connectivity index (χ0) is 13.4. The van der Waals surface area contributed by atoms with E-state index in [1.807, 2.05) is 23.2 Å². The van der Waals surface area contributed by atoms with Gasteiger partial charge in [-0.2, -0.15) is 4.99 Å². The fourth-order valence-electron chi connectivity index (χ4n) is 2.16. The molecule has 1 aliphatic carbocycles. The first-order valence-electron chi connectivity index (χ1n) is 6.09. The summed E-state index contributed by atoms with van der Waals surface area (Å²) in [4.78, 5) is 16.9. The molecule has 1 aromatic carbocycles. The van der Waals surface area contributed by atoms with E-state index in [4.69, 9.17) is 0 Å². The van der Waals surface area contributed by atoms with Crippen molar-refractivity contribution in [2.24, 2.45) is 18.0 Å². The zero-order valence-corrected chi connectivity index (χ0v) is 11.2. The lowest BCUT2D eigenvalue weighted by Gasteiger charge is -1.98. The predicted octanol–water partition coefficient (Wildman–Crippen LogP) is 2.46. The standard InChI is InChI=1S/C14H13FN2OS/c1-17-6-7-19-14(17)16-13(18)12-8-11(12)9-2-4-10(15)5-3-9/h2-7,11-12H,8H2,1H3. The fourth-order valence-corrected chi connectivity index (χ4v) is 2.89. The Bertz CT molecular complexity index is 671. The van der Waals surface area contributed by atoms with E-state index in [-0.39, 0.29) is 23.6 Å². The molecule has 0 aliphatic heterocycles. The summed E-state index contributed by atoms with van der Waals surface area (Å²) in [5, 5.41) is 1.90. The Labute approximate surface area is 114 Å². The highest BCUT2D eigenvalue weighted by atomic mass is 32.1. The summed E-state index contributed by atoms with van der Waals surface area (Å²) >= 11 is 1.45. The van der Waals surface area contributed by atoms with E-state index in [1.54, 1.807) is 12.1 Å². The molecule has 3 nitrogen and oxygen atoms in total. The lowest BCUT2D eigenvalue weighted by atomic mass is 10.1. The van der Waals surface area contributed by atoms with E-state index in [0.29, 0.717) is 0 Å². The minimum absolute atomic E-state index is 0.0486. The van der Waals surface area contributed by atoms with Crippen molar-refractivity contribution in [1.29, 1.82) is 0 Å². The highest BCUT2D eigenvalue weighted by Crippen LogP contribution is 2.48. The predicted molar refractivity (Wildman–Crippen MR) is 71.1 cm³/mol. The third-order valence-electron chi connectivity index (χ3n) is 3.37. The third kappa shape index (κ3) is 2.51. The molecule has 19 heavy (non-hydrogen) atoms. The van der Waals surface area contributed by atoms with Crippen LogP contribution in [0.1, 0.15) is 17.9 Å². The number of nitrogens with zero attached hydrogens (tertiary/aromatic N) is 2. The number of rotatable bonds is 2. The molecular formula is C14H13FN2OS. The number of carbonyl (C=O) groups is 1. The molecule has 1 aliphatic rings. The maximum absolute atomic E-state index is 12.8. The molecule has 0 spiro atoms. The van der Waals surface area contributed by atoms with E-state index >= 15 is 0 Å². The largest absolute Gasteiger partial charge is 0.327 e. The molecule has 1 heterocycles. The number of halogens is 1. The van der Waals surface area contributed by atoms with Crippen molar-refractivity contribution in [3.05, 3.63) is 52.0 Å². The van der Waals surface area contributed by atoms with Crippen LogP contribution in [0.3, 0.4) is 0 Å². The van der Waals surface area contributed by atoms with Crippen LogP contribution < -0.4 is 4.80 Å². The van der Waals surface area contributed by atoms with Gasteiger partial charge in [0.05, 0.1) is 0 Å². The van der Waals surface area contributed by atoms with Crippen molar-refractivity contribution in [2.45, 2.75) is 12.3 Å². The summed E-state index contributed by atoms with van der Waals surface area (Å²) in [6.45, 7) is 0. The number of aryl methyl sites for hydroxylation is 1. The molecule has 2 aromatic rings. The highest BCUT2D eigenvalue weighted by Gasteiger charge is 2.43. The molecule has 1 amide bonds. The van der Waals surface area contributed by atoms with Crippen molar-refractivity contribution in [1.82, 2.24) is 4.57 Å². The van der Waals surface area contributed by atoms with Crippen LogP contribution in [0.2, 0.25) is 0 Å². The third-order valence-corrected chi connectivity index (χ3v) is 4.22. The quantitative estimate of drug-likeness (QED) is 0.829. The van der Waals surface area contributed by atoms with Gasteiger partial charge >= 0.3 is 0 Å². The van der Waals surface area contributed by atoms with Gasteiger partial charge in [0, 0.05) is 24.5 Å². The zero-order valence-electron chi connectivity index (χ0n) is 10.4. The molecule has 0 radical (unpaired) electrons. The molecular weight excluding hydrogens is 263 g/mol. The first-order valence-corrected chi connectivity index (χ1v) is 6.97. The normalized spacial score (nSPS) is 22.5. The topological polar surface area (TPSA) is 34.4 Å². The van der Waals surface area contributed by atoms with E-state index in [2.05, 4.69) is 4.99 Å². The second kappa shape index (κ2) is 4.74. The summed E-state index contributed by atoms with van der Waals surface area (Å²) in [7, 11) is 1.87. The Kier molecular flexibility index (Phi) is 3.06. The molecule has 2 unspecified atom stereocenters. The number of benzene rings is 1. The van der Waals surface area contributed by atoms with Crippen LogP contribution in [0.5, 0.6) is 0 Å². The number of hydrogen-bond acceptors (Lipinski definition) is 2. The SMILES string of the molecule is Cn1ccsc1=NC(=O)C1CC1c1ccc(F)cc1. The Morgan fingerprint density at radius 3 is 2.79 bits per heavy atom. The van der Waals surface area contributed by atoms with Crippen molar-refractivity contribution in [3.63, 3.8) is 0 Å². The van der Waals surface area contributed by atoms with E-state index in [1.165, 1.54) is 23.5 Å². The van der Waals surface area contributed by atoms with Crippen LogP contribution in [-0.2, 0) is 11.8 Å². The minimum Gasteiger partial charge on any atom is -0.327 e. The lowest BCUT2D eigenvalue weighted by Crippen LogP contribution is -2.13. The molecule has 3 rings (SSSR count). The Hall–Kier alpha value is -1.75. The second-order valence-corrected chi connectivity index (χ2v) is 5.62. The molecule has 2 atom stereocenters. The fraction of sp³-hybridized carbons (Fsp3) is 0.286. The van der Waals surface area contributed by atoms with E-state index in [9.17, 15) is 9.18 Å². The van der Waals surface area contributed by atoms with Crippen molar-refractivity contribution >= 4 is 17.2 Å². The first kappa shape index (κ1) is 12.3. The van der Waals surface area contributed by atoms with Gasteiger partial charge in [-0.25, -0.2) is 4.39 Å². The minimum atomic E-state index is -0.248. The number of amides is 1. The first-order chi connectivity index (χ1) is 9.15. The van der Waals surface area contributed by atoms with Gasteiger partial charge in [0.2, 0.25) is 0 Å². The van der Waals surface area contributed by atoms with Crippen LogP contribution in [0.25, 0.3) is 0 Å². The summed E-state index contributed by atoms with van der Waals surface area (Å²) < 4.78 is 14.7. The molecule has 1 saturated carbocycles. The van der Waals surface area contributed by atoms with Crippen LogP contribution in [0, 0.1) is 11.7 Å². The second-order valence-electron chi connectivity index (χ2n) is 4.75. The molecule has 0 N–H and O–H groups in total. The number of thiazole rings is 1. The van der Waals surface area contributed by atoms with Gasteiger partial charge in [-0.05, 0) is 30.0 Å². The van der Waals surface area contributed by atoms with Gasteiger partial charge in [-0.1, -0.05) is 12.1 Å². The van der Waals surface area contributed by atoms with Crippen LogP contribution in [0.4, 0.5) is 4.39 Å². The van der Waals surface area contributed by atoms with Gasteiger partial charge in [-0.15, -0.1) is 11.3 Å². The number of carbonyl (C=O) groups excluding carboxylic acids is 1. The van der Waals surface area contributed by atoms with Crippen molar-refractivity contribution in [3.8, 4) is 0 Å². The van der Waals surface area contributed by atoms with E-state index in [0.717, 1.165) is 16.8 Å². The number of hydrogen-bond donors (Lipinski definition) is 0. The average molecular weight is 276 g/mol. The maximum Gasteiger partial charge on any atom is 0.252 e. The Morgan fingerprint density at radius 2 is 2.16 bits per heavy atom. The molecule has 0 bridgehead atoms. The van der Waals surface area contributed by atoms with Gasteiger partial charge in [0.1, 0.15) is 5.82 Å². The monoisotopic (exact) mass is 276 g/mol. The lowest BCUT2D eigenvalue weighted by molar-refractivity contribution is -0.119. The summed E-state index contributed by atoms with van der Waals surface area (Å²) in [5.41, 5.74) is 1.02. The molecule has 98 valence electrons. The van der Waals surface area contributed by atoms with Gasteiger partial charge in [0.15, 0.2) is 4.80 Å². The highest BCUT2D eigenvalue weighted by molar-refractivity contribution is 7.07. The van der Waals surface area contributed by atoms with Gasteiger partial charge in [-0.3, -0.25) is 4.79 Å². The maximum atomic E-state index is 12.8. The molecule has 1 aromatic heterocycles. The smallest absolute Gasteiger partial charge is 0.252 e. The van der Waals surface area contributed by atoms with Crippen molar-refractivity contribution < 1.29 is 9.18 Å². The van der Waals surface area contributed by atoms with Gasteiger partial charge < -0.3 is 4.57 Å². The van der Waals surface area contributed by atoms with Gasteiger partial charge in [0.25, 0.3) is 5.91 Å². The number of aromatic nitrogens is 1. The Balaban J connectivity index is 1.75. The Morgan fingerprint density at radius 1 is 1.42 bits per heavy atom. The summed E-state index contributed by atoms with van der Waals surface area (Å²) in [6, 6.07) is 6.37. The summed E-state index contributed by atoms with van der Waals surface area (Å²) in [6.07, 6.45) is 2.68. The van der Waals surface area contributed by atoms with Crippen LogP contribution in [-0.4, -0.2) is 10.5 Å². The average Bonchev–Trinajstić information content (AvgIpc) is 3.10. The van der Waals surface area contributed by atoms with Crippen molar-refractivity contribution in [2.75, 3.05) is 0 Å². The summed E-state index contributed by atoms with van der Waals surface area (Å²) in [5.74, 6) is -0.176. The van der Waals surface area contributed by atoms with E-state index < -0.39 is 0 Å². The molecule has 0 saturated heterocycles. The molecule has 1 fully saturated rings. The van der Waals surface area contributed by atoms with Crippen LogP contribution >= 0.6 is 11.3 Å².